The van der Waals surface area contributed by atoms with Gasteiger partial charge in [0.25, 0.3) is 0 Å². The molecule has 1 heterocycles. The van der Waals surface area contributed by atoms with Crippen LogP contribution in [0.1, 0.15) is 12.5 Å². The Morgan fingerprint density at radius 3 is 3.00 bits per heavy atom. The molecule has 0 aromatic heterocycles. The summed E-state index contributed by atoms with van der Waals surface area (Å²) in [4.78, 5) is 2.33. The van der Waals surface area contributed by atoms with Gasteiger partial charge in [-0.2, -0.15) is 0 Å². The highest BCUT2D eigenvalue weighted by molar-refractivity contribution is 6.31. The number of fused-ring (bicyclic) bond motifs is 1. The molecule has 0 fully saturated rings. The van der Waals surface area contributed by atoms with E-state index in [0.29, 0.717) is 12.6 Å². The van der Waals surface area contributed by atoms with E-state index < -0.39 is 0 Å². The van der Waals surface area contributed by atoms with E-state index in [1.807, 2.05) is 12.1 Å². The molecule has 3 heteroatoms. The molecule has 76 valence electrons. The van der Waals surface area contributed by atoms with Gasteiger partial charge in [0.2, 0.25) is 0 Å². The van der Waals surface area contributed by atoms with Crippen LogP contribution >= 0.6 is 11.6 Å². The SMILES string of the molecule is CCN1c2cccc(Cl)c2CC1CN. The first-order chi connectivity index (χ1) is 6.77. The fourth-order valence-electron chi connectivity index (χ4n) is 2.20. The van der Waals surface area contributed by atoms with Gasteiger partial charge in [0.1, 0.15) is 0 Å². The maximum Gasteiger partial charge on any atom is 0.0459 e. The van der Waals surface area contributed by atoms with Crippen LogP contribution in [0.3, 0.4) is 0 Å². The fraction of sp³-hybridized carbons (Fsp3) is 0.455. The molecular weight excluding hydrogens is 196 g/mol. The Morgan fingerprint density at radius 1 is 1.57 bits per heavy atom. The van der Waals surface area contributed by atoms with Crippen molar-refractivity contribution < 1.29 is 0 Å². The van der Waals surface area contributed by atoms with E-state index in [1.165, 1.54) is 11.3 Å². The average molecular weight is 211 g/mol. The van der Waals surface area contributed by atoms with Crippen molar-refractivity contribution in [3.05, 3.63) is 28.8 Å². The maximum absolute atomic E-state index is 6.15. The molecule has 1 unspecified atom stereocenters. The summed E-state index contributed by atoms with van der Waals surface area (Å²) in [5.74, 6) is 0. The van der Waals surface area contributed by atoms with E-state index in [-0.39, 0.29) is 0 Å². The Labute approximate surface area is 89.7 Å². The number of hydrogen-bond donors (Lipinski definition) is 1. The number of hydrogen-bond acceptors (Lipinski definition) is 2. The van der Waals surface area contributed by atoms with Gasteiger partial charge in [-0.15, -0.1) is 0 Å². The second-order valence-corrected chi connectivity index (χ2v) is 4.02. The van der Waals surface area contributed by atoms with Gasteiger partial charge >= 0.3 is 0 Å². The van der Waals surface area contributed by atoms with E-state index >= 15 is 0 Å². The zero-order valence-corrected chi connectivity index (χ0v) is 9.09. The van der Waals surface area contributed by atoms with Crippen LogP contribution < -0.4 is 10.6 Å². The summed E-state index contributed by atoms with van der Waals surface area (Å²) in [6.07, 6.45) is 0.985. The lowest BCUT2D eigenvalue weighted by molar-refractivity contribution is 0.643. The van der Waals surface area contributed by atoms with Gasteiger partial charge in [-0.25, -0.2) is 0 Å². The summed E-state index contributed by atoms with van der Waals surface area (Å²) in [5.41, 5.74) is 8.26. The first kappa shape index (κ1) is 9.81. The van der Waals surface area contributed by atoms with Crippen molar-refractivity contribution in [2.24, 2.45) is 5.73 Å². The number of halogens is 1. The number of anilines is 1. The van der Waals surface area contributed by atoms with Crippen molar-refractivity contribution in [3.8, 4) is 0 Å². The molecule has 2 nitrogen and oxygen atoms in total. The molecule has 1 aliphatic rings. The van der Waals surface area contributed by atoms with Crippen molar-refractivity contribution >= 4 is 17.3 Å². The lowest BCUT2D eigenvalue weighted by atomic mass is 10.1. The van der Waals surface area contributed by atoms with Crippen LogP contribution in [0.5, 0.6) is 0 Å². The lowest BCUT2D eigenvalue weighted by Gasteiger charge is -2.24. The highest BCUT2D eigenvalue weighted by Crippen LogP contribution is 2.35. The molecule has 1 atom stereocenters. The number of nitrogens with zero attached hydrogens (tertiary/aromatic N) is 1. The molecule has 2 N–H and O–H groups in total. The predicted octanol–water partition coefficient (Wildman–Crippen LogP) is 2.05. The third kappa shape index (κ3) is 1.39. The zero-order valence-electron chi connectivity index (χ0n) is 8.33. The third-order valence-corrected chi connectivity index (χ3v) is 3.25. The smallest absolute Gasteiger partial charge is 0.0459 e. The molecule has 0 amide bonds. The summed E-state index contributed by atoms with van der Waals surface area (Å²) in [5, 5.41) is 0.872. The van der Waals surface area contributed by atoms with Crippen LogP contribution in [0.15, 0.2) is 18.2 Å². The van der Waals surface area contributed by atoms with Crippen LogP contribution in [-0.2, 0) is 6.42 Å². The molecule has 0 spiro atoms. The number of rotatable bonds is 2. The molecule has 0 saturated heterocycles. The average Bonchev–Trinajstić information content (AvgIpc) is 2.57. The van der Waals surface area contributed by atoms with Crippen molar-refractivity contribution in [1.29, 1.82) is 0 Å². The second-order valence-electron chi connectivity index (χ2n) is 3.62. The molecule has 1 aliphatic heterocycles. The minimum atomic E-state index is 0.426. The van der Waals surface area contributed by atoms with Gasteiger partial charge < -0.3 is 10.6 Å². The van der Waals surface area contributed by atoms with Crippen LogP contribution in [0.4, 0.5) is 5.69 Å². The maximum atomic E-state index is 6.15. The molecule has 1 aromatic carbocycles. The topological polar surface area (TPSA) is 29.3 Å². The Hall–Kier alpha value is -0.730. The van der Waals surface area contributed by atoms with Crippen molar-refractivity contribution in [2.45, 2.75) is 19.4 Å². The van der Waals surface area contributed by atoms with Crippen molar-refractivity contribution in [3.63, 3.8) is 0 Å². The van der Waals surface area contributed by atoms with Crippen LogP contribution in [-0.4, -0.2) is 19.1 Å². The largest absolute Gasteiger partial charge is 0.367 e. The summed E-state index contributed by atoms with van der Waals surface area (Å²) >= 11 is 6.15. The molecular formula is C11H15ClN2. The highest BCUT2D eigenvalue weighted by atomic mass is 35.5. The summed E-state index contributed by atoms with van der Waals surface area (Å²) in [7, 11) is 0. The van der Waals surface area contributed by atoms with E-state index in [9.17, 15) is 0 Å². The Balaban J connectivity index is 2.42. The van der Waals surface area contributed by atoms with Crippen molar-refractivity contribution in [2.75, 3.05) is 18.0 Å². The van der Waals surface area contributed by atoms with Gasteiger partial charge in [-0.3, -0.25) is 0 Å². The van der Waals surface area contributed by atoms with E-state index in [0.717, 1.165) is 18.0 Å². The standard InChI is InChI=1S/C11H15ClN2/c1-2-14-8(7-13)6-9-10(12)4-3-5-11(9)14/h3-5,8H,2,6-7,13H2,1H3. The van der Waals surface area contributed by atoms with Gasteiger partial charge in [0.15, 0.2) is 0 Å². The van der Waals surface area contributed by atoms with Crippen LogP contribution in [0, 0.1) is 0 Å². The minimum absolute atomic E-state index is 0.426. The molecule has 1 aromatic rings. The van der Waals surface area contributed by atoms with E-state index in [4.69, 9.17) is 17.3 Å². The van der Waals surface area contributed by atoms with Crippen molar-refractivity contribution in [1.82, 2.24) is 0 Å². The normalized spacial score (nSPS) is 19.9. The number of likely N-dealkylation sites (N-methyl/N-ethyl adjacent to an activating group) is 1. The number of nitrogens with two attached hydrogens (primary N) is 1. The predicted molar refractivity (Wildman–Crippen MR) is 61.0 cm³/mol. The molecule has 0 aliphatic carbocycles. The first-order valence-corrected chi connectivity index (χ1v) is 5.39. The molecule has 2 rings (SSSR count). The van der Waals surface area contributed by atoms with Crippen LogP contribution in [0.25, 0.3) is 0 Å². The van der Waals surface area contributed by atoms with E-state index in [1.54, 1.807) is 0 Å². The quantitative estimate of drug-likeness (QED) is 0.810. The van der Waals surface area contributed by atoms with Gasteiger partial charge in [0, 0.05) is 29.8 Å². The van der Waals surface area contributed by atoms with E-state index in [2.05, 4.69) is 17.9 Å². The summed E-state index contributed by atoms with van der Waals surface area (Å²) in [6, 6.07) is 6.51. The monoisotopic (exact) mass is 210 g/mol. The molecule has 0 bridgehead atoms. The summed E-state index contributed by atoms with van der Waals surface area (Å²) in [6.45, 7) is 3.84. The molecule has 14 heavy (non-hydrogen) atoms. The van der Waals surface area contributed by atoms with Gasteiger partial charge in [0.05, 0.1) is 0 Å². The minimum Gasteiger partial charge on any atom is -0.367 e. The second kappa shape index (κ2) is 3.79. The Bertz CT molecular complexity index is 338. The lowest BCUT2D eigenvalue weighted by Crippen LogP contribution is -2.37. The highest BCUT2D eigenvalue weighted by Gasteiger charge is 2.28. The third-order valence-electron chi connectivity index (χ3n) is 2.90. The van der Waals surface area contributed by atoms with Crippen LogP contribution in [0.2, 0.25) is 5.02 Å². The first-order valence-electron chi connectivity index (χ1n) is 5.02. The summed E-state index contributed by atoms with van der Waals surface area (Å²) < 4.78 is 0. The Kier molecular flexibility index (Phi) is 2.66. The molecule has 0 saturated carbocycles. The van der Waals surface area contributed by atoms with Gasteiger partial charge in [-0.1, -0.05) is 17.7 Å². The zero-order chi connectivity index (χ0) is 10.1. The fourth-order valence-corrected chi connectivity index (χ4v) is 2.45. The molecule has 0 radical (unpaired) electrons. The van der Waals surface area contributed by atoms with Gasteiger partial charge in [-0.05, 0) is 31.0 Å². The number of benzene rings is 1. The Morgan fingerprint density at radius 2 is 2.36 bits per heavy atom.